The standard InChI is InChI=1S/C39H44F3N5O2/c1-25(2)49-34-23-32-30(22-33(34)47-17-6-7-18-47)35(37(48)45-38(15-16-38)27-10-4-3-5-11-27)31(24-46-19-13-29(43)14-20-46)36(44-32)26-9-8-12-28(21-26)39(40,41)42/h3-5,8-12,21-23,25,29H,6-7,13-20,24,43H2,1-2H3,(H,45,48). The van der Waals surface area contributed by atoms with Crippen molar-refractivity contribution in [3.63, 3.8) is 0 Å². The van der Waals surface area contributed by atoms with Crippen molar-refractivity contribution >= 4 is 22.5 Å². The molecule has 7 rings (SSSR count). The number of halogens is 3. The van der Waals surface area contributed by atoms with E-state index in [4.69, 9.17) is 15.5 Å². The van der Waals surface area contributed by atoms with Gasteiger partial charge in [-0.05, 0) is 89.2 Å². The molecule has 1 aliphatic carbocycles. The van der Waals surface area contributed by atoms with E-state index in [0.29, 0.717) is 45.6 Å². The number of carbonyl (C=O) groups is 1. The van der Waals surface area contributed by atoms with Crippen LogP contribution in [0.2, 0.25) is 0 Å². The first-order valence-corrected chi connectivity index (χ1v) is 17.5. The van der Waals surface area contributed by atoms with Gasteiger partial charge in [0.05, 0.1) is 39.7 Å². The smallest absolute Gasteiger partial charge is 0.416 e. The molecule has 0 spiro atoms. The summed E-state index contributed by atoms with van der Waals surface area (Å²) in [6.07, 6.45) is 0.667. The molecule has 3 aliphatic rings. The van der Waals surface area contributed by atoms with Crippen LogP contribution < -0.4 is 20.7 Å². The number of nitrogens with one attached hydrogen (secondary N) is 1. The van der Waals surface area contributed by atoms with Crippen LogP contribution in [0.5, 0.6) is 5.75 Å². The second-order valence-electron chi connectivity index (χ2n) is 14.1. The van der Waals surface area contributed by atoms with Crippen molar-refractivity contribution in [1.82, 2.24) is 15.2 Å². The summed E-state index contributed by atoms with van der Waals surface area (Å²) >= 11 is 0. The summed E-state index contributed by atoms with van der Waals surface area (Å²) in [5.74, 6) is 0.398. The van der Waals surface area contributed by atoms with Crippen LogP contribution in [0.25, 0.3) is 22.2 Å². The number of hydrogen-bond donors (Lipinski definition) is 2. The minimum absolute atomic E-state index is 0.0969. The third kappa shape index (κ3) is 6.99. The zero-order valence-electron chi connectivity index (χ0n) is 28.2. The molecule has 3 heterocycles. The summed E-state index contributed by atoms with van der Waals surface area (Å²) < 4.78 is 48.5. The molecule has 258 valence electrons. The Kier molecular flexibility index (Phi) is 9.04. The van der Waals surface area contributed by atoms with Gasteiger partial charge in [-0.25, -0.2) is 4.98 Å². The molecule has 3 fully saturated rings. The number of hydrogen-bond acceptors (Lipinski definition) is 6. The number of nitrogens with two attached hydrogens (primary N) is 1. The van der Waals surface area contributed by atoms with Crippen molar-refractivity contribution in [2.24, 2.45) is 5.73 Å². The van der Waals surface area contributed by atoms with Crippen LogP contribution in [0, 0.1) is 0 Å². The molecule has 0 atom stereocenters. The highest BCUT2D eigenvalue weighted by Gasteiger charge is 2.46. The minimum atomic E-state index is -4.53. The number of piperidine rings is 1. The number of carbonyl (C=O) groups excluding carboxylic acids is 1. The van der Waals surface area contributed by atoms with Crippen LogP contribution in [0.4, 0.5) is 18.9 Å². The van der Waals surface area contributed by atoms with Crippen LogP contribution in [0.15, 0.2) is 66.7 Å². The summed E-state index contributed by atoms with van der Waals surface area (Å²) in [5, 5.41) is 4.06. The Morgan fingerprint density at radius 2 is 1.71 bits per heavy atom. The number of ether oxygens (including phenoxy) is 1. The highest BCUT2D eigenvalue weighted by Crippen LogP contribution is 2.47. The first-order valence-electron chi connectivity index (χ1n) is 17.5. The van der Waals surface area contributed by atoms with Gasteiger partial charge in [0.15, 0.2) is 0 Å². The number of benzene rings is 3. The Morgan fingerprint density at radius 3 is 2.37 bits per heavy atom. The van der Waals surface area contributed by atoms with Crippen molar-refractivity contribution in [2.45, 2.75) is 82.8 Å². The SMILES string of the molecule is CC(C)Oc1cc2nc(-c3cccc(C(F)(F)F)c3)c(CN3CCC(N)CC3)c(C(=O)NC3(c4ccccc4)CC3)c2cc1N1CCCC1. The quantitative estimate of drug-likeness (QED) is 0.190. The summed E-state index contributed by atoms with van der Waals surface area (Å²) in [7, 11) is 0. The maximum absolute atomic E-state index is 14.9. The van der Waals surface area contributed by atoms with E-state index in [9.17, 15) is 18.0 Å². The van der Waals surface area contributed by atoms with E-state index in [2.05, 4.69) is 15.1 Å². The largest absolute Gasteiger partial charge is 0.489 e. The molecule has 4 aromatic rings. The highest BCUT2D eigenvalue weighted by atomic mass is 19.4. The number of alkyl halides is 3. The number of amides is 1. The summed E-state index contributed by atoms with van der Waals surface area (Å²) in [6, 6.07) is 19.2. The molecule has 49 heavy (non-hydrogen) atoms. The fourth-order valence-electron chi connectivity index (χ4n) is 7.35. The van der Waals surface area contributed by atoms with Gasteiger partial charge >= 0.3 is 6.18 Å². The van der Waals surface area contributed by atoms with Gasteiger partial charge in [0.1, 0.15) is 5.75 Å². The van der Waals surface area contributed by atoms with Crippen LogP contribution in [0.3, 0.4) is 0 Å². The molecular weight excluding hydrogens is 627 g/mol. The summed E-state index contributed by atoms with van der Waals surface area (Å²) in [6.45, 7) is 7.46. The van der Waals surface area contributed by atoms with E-state index in [1.54, 1.807) is 6.07 Å². The Hall–Kier alpha value is -4.15. The van der Waals surface area contributed by atoms with Crippen molar-refractivity contribution in [2.75, 3.05) is 31.1 Å². The molecule has 3 N–H and O–H groups in total. The van der Waals surface area contributed by atoms with E-state index in [-0.39, 0.29) is 18.1 Å². The topological polar surface area (TPSA) is 83.7 Å². The number of anilines is 1. The van der Waals surface area contributed by atoms with Crippen molar-refractivity contribution in [1.29, 1.82) is 0 Å². The van der Waals surface area contributed by atoms with E-state index in [1.807, 2.05) is 56.3 Å². The number of likely N-dealkylation sites (tertiary alicyclic amines) is 1. The molecule has 1 aromatic heterocycles. The lowest BCUT2D eigenvalue weighted by Gasteiger charge is -2.32. The predicted molar refractivity (Wildman–Crippen MR) is 187 cm³/mol. The molecule has 7 nitrogen and oxygen atoms in total. The van der Waals surface area contributed by atoms with Gasteiger partial charge in [0.2, 0.25) is 0 Å². The molecule has 10 heteroatoms. The fraction of sp³-hybridized carbons (Fsp3) is 0.436. The van der Waals surface area contributed by atoms with Crippen LogP contribution >= 0.6 is 0 Å². The van der Waals surface area contributed by atoms with Gasteiger partial charge in [0.25, 0.3) is 5.91 Å². The van der Waals surface area contributed by atoms with E-state index < -0.39 is 17.3 Å². The lowest BCUT2D eigenvalue weighted by Crippen LogP contribution is -2.40. The lowest BCUT2D eigenvalue weighted by molar-refractivity contribution is -0.137. The first kappa shape index (κ1) is 33.4. The Labute approximate surface area is 285 Å². The van der Waals surface area contributed by atoms with Gasteiger partial charge in [-0.2, -0.15) is 13.2 Å². The predicted octanol–water partition coefficient (Wildman–Crippen LogP) is 7.65. The zero-order valence-corrected chi connectivity index (χ0v) is 28.2. The van der Waals surface area contributed by atoms with Gasteiger partial charge < -0.3 is 20.7 Å². The molecule has 3 aromatic carbocycles. The Bertz CT molecular complexity index is 1830. The van der Waals surface area contributed by atoms with E-state index in [1.165, 1.54) is 6.07 Å². The average Bonchev–Trinajstić information content (AvgIpc) is 3.65. The maximum Gasteiger partial charge on any atom is 0.416 e. The van der Waals surface area contributed by atoms with Crippen molar-refractivity contribution in [3.8, 4) is 17.0 Å². The van der Waals surface area contributed by atoms with Gasteiger partial charge in [-0.1, -0.05) is 42.5 Å². The van der Waals surface area contributed by atoms with Gasteiger partial charge in [0, 0.05) is 48.3 Å². The molecular formula is C39H44F3N5O2. The third-order valence-corrected chi connectivity index (χ3v) is 10.1. The van der Waals surface area contributed by atoms with Crippen LogP contribution in [-0.2, 0) is 18.3 Å². The molecule has 0 bridgehead atoms. The molecule has 0 radical (unpaired) electrons. The number of pyridine rings is 1. The van der Waals surface area contributed by atoms with Gasteiger partial charge in [-0.3, -0.25) is 9.69 Å². The molecule has 0 unspecified atom stereocenters. The normalized spacial score (nSPS) is 18.3. The third-order valence-electron chi connectivity index (χ3n) is 10.1. The van der Waals surface area contributed by atoms with Gasteiger partial charge in [-0.15, -0.1) is 0 Å². The van der Waals surface area contributed by atoms with Crippen molar-refractivity contribution in [3.05, 3.63) is 89.0 Å². The highest BCUT2D eigenvalue weighted by molar-refractivity contribution is 6.10. The summed E-state index contributed by atoms with van der Waals surface area (Å²) in [5.41, 5.74) is 9.18. The molecule has 1 saturated carbocycles. The molecule has 2 saturated heterocycles. The minimum Gasteiger partial charge on any atom is -0.489 e. The Morgan fingerprint density at radius 1 is 1.00 bits per heavy atom. The Balaban J connectivity index is 1.47. The second-order valence-corrected chi connectivity index (χ2v) is 14.1. The molecule has 2 aliphatic heterocycles. The lowest BCUT2D eigenvalue weighted by atomic mass is 9.93. The van der Waals surface area contributed by atoms with E-state index >= 15 is 0 Å². The van der Waals surface area contributed by atoms with E-state index in [0.717, 1.165) is 88.1 Å². The number of rotatable bonds is 9. The fourth-order valence-corrected chi connectivity index (χ4v) is 7.35. The number of aromatic nitrogens is 1. The second kappa shape index (κ2) is 13.3. The average molecular weight is 672 g/mol. The number of fused-ring (bicyclic) bond motifs is 1. The zero-order chi connectivity index (χ0) is 34.3. The molecule has 1 amide bonds. The first-order chi connectivity index (χ1) is 23.5. The monoisotopic (exact) mass is 671 g/mol. The maximum atomic E-state index is 14.9. The van der Waals surface area contributed by atoms with Crippen molar-refractivity contribution < 1.29 is 22.7 Å². The summed E-state index contributed by atoms with van der Waals surface area (Å²) in [4.78, 5) is 24.5. The van der Waals surface area contributed by atoms with Crippen LogP contribution in [0.1, 0.15) is 79.4 Å². The number of nitrogens with zero attached hydrogens (tertiary/aromatic N) is 3. The van der Waals surface area contributed by atoms with Crippen LogP contribution in [-0.4, -0.2) is 54.1 Å².